The molecule has 0 fully saturated rings. The SMILES string of the molecule is N#Cc1c(O)c(Cl)cc2c1OCO2. The lowest BCUT2D eigenvalue weighted by atomic mass is 10.2. The van der Waals surface area contributed by atoms with Gasteiger partial charge < -0.3 is 14.6 Å². The van der Waals surface area contributed by atoms with E-state index in [1.54, 1.807) is 6.07 Å². The number of hydrogen-bond acceptors (Lipinski definition) is 4. The van der Waals surface area contributed by atoms with Crippen LogP contribution in [0.4, 0.5) is 0 Å². The van der Waals surface area contributed by atoms with Gasteiger partial charge in [-0.2, -0.15) is 5.26 Å². The Hall–Kier alpha value is -1.60. The molecule has 0 aromatic heterocycles. The van der Waals surface area contributed by atoms with Gasteiger partial charge in [0.25, 0.3) is 0 Å². The Labute approximate surface area is 78.9 Å². The monoisotopic (exact) mass is 197 g/mol. The molecule has 0 unspecified atom stereocenters. The van der Waals surface area contributed by atoms with Crippen molar-refractivity contribution in [1.82, 2.24) is 0 Å². The molecule has 66 valence electrons. The van der Waals surface area contributed by atoms with Crippen LogP contribution in [0.5, 0.6) is 17.2 Å². The number of phenolic OH excluding ortho intramolecular Hbond substituents is 1. The van der Waals surface area contributed by atoms with E-state index in [2.05, 4.69) is 0 Å². The molecule has 1 N–H and O–H groups in total. The molecule has 1 aromatic carbocycles. The minimum Gasteiger partial charge on any atom is -0.505 e. The first kappa shape index (κ1) is 8.02. The molecule has 0 saturated carbocycles. The Bertz CT molecular complexity index is 411. The Morgan fingerprint density at radius 1 is 1.54 bits per heavy atom. The highest BCUT2D eigenvalue weighted by molar-refractivity contribution is 6.32. The number of aromatic hydroxyl groups is 1. The quantitative estimate of drug-likeness (QED) is 0.687. The van der Waals surface area contributed by atoms with Gasteiger partial charge in [0, 0.05) is 6.07 Å². The highest BCUT2D eigenvalue weighted by Crippen LogP contribution is 2.44. The lowest BCUT2D eigenvalue weighted by Crippen LogP contribution is -1.93. The smallest absolute Gasteiger partial charge is 0.231 e. The number of nitriles is 1. The van der Waals surface area contributed by atoms with Crippen LogP contribution in [0.1, 0.15) is 5.56 Å². The van der Waals surface area contributed by atoms with E-state index in [0.717, 1.165) is 0 Å². The Morgan fingerprint density at radius 3 is 3.00 bits per heavy atom. The molecule has 2 rings (SSSR count). The standard InChI is InChI=1S/C8H4ClNO3/c9-5-1-6-8(13-3-12-6)4(2-10)7(5)11/h1,11H,3H2. The van der Waals surface area contributed by atoms with E-state index in [1.165, 1.54) is 6.07 Å². The molecule has 1 heterocycles. The fourth-order valence-electron chi connectivity index (χ4n) is 1.11. The highest BCUT2D eigenvalue weighted by atomic mass is 35.5. The summed E-state index contributed by atoms with van der Waals surface area (Å²) in [6, 6.07) is 3.21. The Kier molecular flexibility index (Phi) is 1.67. The zero-order valence-corrected chi connectivity index (χ0v) is 7.13. The number of nitrogens with zero attached hydrogens (tertiary/aromatic N) is 1. The van der Waals surface area contributed by atoms with Crippen molar-refractivity contribution in [3.05, 3.63) is 16.7 Å². The van der Waals surface area contributed by atoms with Crippen LogP contribution in [0.2, 0.25) is 5.02 Å². The van der Waals surface area contributed by atoms with Crippen molar-refractivity contribution in [3.63, 3.8) is 0 Å². The van der Waals surface area contributed by atoms with Crippen molar-refractivity contribution in [2.75, 3.05) is 6.79 Å². The fraction of sp³-hybridized carbons (Fsp3) is 0.125. The highest BCUT2D eigenvalue weighted by Gasteiger charge is 2.23. The molecule has 4 nitrogen and oxygen atoms in total. The average Bonchev–Trinajstić information content (AvgIpc) is 2.54. The van der Waals surface area contributed by atoms with Crippen LogP contribution in [-0.2, 0) is 0 Å². The Balaban J connectivity index is 2.73. The van der Waals surface area contributed by atoms with Gasteiger partial charge in [0.05, 0.1) is 5.02 Å². The molecule has 5 heteroatoms. The third kappa shape index (κ3) is 1.05. The summed E-state index contributed by atoms with van der Waals surface area (Å²) in [5, 5.41) is 18.2. The third-order valence-electron chi connectivity index (χ3n) is 1.70. The minimum absolute atomic E-state index is 0.0139. The van der Waals surface area contributed by atoms with E-state index >= 15 is 0 Å². The van der Waals surface area contributed by atoms with Crippen LogP contribution >= 0.6 is 11.6 Å². The topological polar surface area (TPSA) is 62.5 Å². The number of fused-ring (bicyclic) bond motifs is 1. The summed E-state index contributed by atoms with van der Waals surface area (Å²) >= 11 is 5.64. The van der Waals surface area contributed by atoms with Crippen LogP contribution in [-0.4, -0.2) is 11.9 Å². The fourth-order valence-corrected chi connectivity index (χ4v) is 1.30. The summed E-state index contributed by atoms with van der Waals surface area (Å²) in [5.74, 6) is 0.372. The van der Waals surface area contributed by atoms with Gasteiger partial charge in [-0.1, -0.05) is 11.6 Å². The summed E-state index contributed by atoms with van der Waals surface area (Å²) in [5.41, 5.74) is 0.0139. The van der Waals surface area contributed by atoms with Crippen molar-refractivity contribution in [1.29, 1.82) is 5.26 Å². The molecule has 1 aliphatic heterocycles. The van der Waals surface area contributed by atoms with Gasteiger partial charge in [0.15, 0.2) is 17.2 Å². The van der Waals surface area contributed by atoms with Gasteiger partial charge in [0.1, 0.15) is 11.6 Å². The maximum absolute atomic E-state index is 9.37. The maximum atomic E-state index is 9.37. The normalized spacial score (nSPS) is 12.6. The molecule has 1 aromatic rings. The van der Waals surface area contributed by atoms with Crippen LogP contribution in [0.3, 0.4) is 0 Å². The molecular weight excluding hydrogens is 194 g/mol. The number of hydrogen-bond donors (Lipinski definition) is 1. The summed E-state index contributed by atoms with van der Waals surface area (Å²) in [6.07, 6.45) is 0. The number of rotatable bonds is 0. The van der Waals surface area contributed by atoms with Crippen LogP contribution in [0, 0.1) is 11.3 Å². The molecule has 0 atom stereocenters. The van der Waals surface area contributed by atoms with Crippen molar-refractivity contribution in [2.45, 2.75) is 0 Å². The van der Waals surface area contributed by atoms with Crippen molar-refractivity contribution in [2.24, 2.45) is 0 Å². The molecule has 0 aliphatic carbocycles. The lowest BCUT2D eigenvalue weighted by Gasteiger charge is -2.02. The summed E-state index contributed by atoms with van der Waals surface area (Å²) in [7, 11) is 0. The first-order chi connectivity index (χ1) is 6.24. The molecule has 0 spiro atoms. The van der Waals surface area contributed by atoms with Crippen LogP contribution in [0.15, 0.2) is 6.07 Å². The van der Waals surface area contributed by atoms with Crippen LogP contribution in [0.25, 0.3) is 0 Å². The molecule has 1 aliphatic rings. The van der Waals surface area contributed by atoms with E-state index in [0.29, 0.717) is 5.75 Å². The number of phenols is 1. The van der Waals surface area contributed by atoms with Crippen molar-refractivity contribution in [3.8, 4) is 23.3 Å². The van der Waals surface area contributed by atoms with Gasteiger partial charge in [-0.05, 0) is 0 Å². The minimum atomic E-state index is -0.270. The second-order valence-electron chi connectivity index (χ2n) is 2.43. The second-order valence-corrected chi connectivity index (χ2v) is 2.83. The predicted molar refractivity (Wildman–Crippen MR) is 44.0 cm³/mol. The second kappa shape index (κ2) is 2.71. The summed E-state index contributed by atoms with van der Waals surface area (Å²) < 4.78 is 10.0. The average molecular weight is 198 g/mol. The van der Waals surface area contributed by atoms with Gasteiger partial charge in [-0.15, -0.1) is 0 Å². The van der Waals surface area contributed by atoms with Crippen molar-refractivity contribution < 1.29 is 14.6 Å². The Morgan fingerprint density at radius 2 is 2.31 bits per heavy atom. The summed E-state index contributed by atoms with van der Waals surface area (Å²) in [6.45, 7) is 0.0454. The number of ether oxygens (including phenoxy) is 2. The third-order valence-corrected chi connectivity index (χ3v) is 1.99. The number of halogens is 1. The van der Waals surface area contributed by atoms with E-state index in [9.17, 15) is 5.11 Å². The van der Waals surface area contributed by atoms with Crippen LogP contribution < -0.4 is 9.47 Å². The van der Waals surface area contributed by atoms with E-state index in [4.69, 9.17) is 26.3 Å². The first-order valence-corrected chi connectivity index (χ1v) is 3.83. The molecule has 0 bridgehead atoms. The van der Waals surface area contributed by atoms with Gasteiger partial charge in [-0.25, -0.2) is 0 Å². The van der Waals surface area contributed by atoms with Crippen molar-refractivity contribution >= 4 is 11.6 Å². The lowest BCUT2D eigenvalue weighted by molar-refractivity contribution is 0.173. The van der Waals surface area contributed by atoms with E-state index in [-0.39, 0.29) is 28.9 Å². The molecular formula is C8H4ClNO3. The molecule has 13 heavy (non-hydrogen) atoms. The van der Waals surface area contributed by atoms with E-state index in [1.807, 2.05) is 0 Å². The molecule has 0 radical (unpaired) electrons. The van der Waals surface area contributed by atoms with Gasteiger partial charge in [-0.3, -0.25) is 0 Å². The zero-order chi connectivity index (χ0) is 9.42. The summed E-state index contributed by atoms with van der Waals surface area (Å²) in [4.78, 5) is 0. The maximum Gasteiger partial charge on any atom is 0.231 e. The largest absolute Gasteiger partial charge is 0.505 e. The van der Waals surface area contributed by atoms with Gasteiger partial charge in [0.2, 0.25) is 6.79 Å². The zero-order valence-electron chi connectivity index (χ0n) is 6.37. The molecule has 0 amide bonds. The predicted octanol–water partition coefficient (Wildman–Crippen LogP) is 1.65. The number of benzene rings is 1. The first-order valence-electron chi connectivity index (χ1n) is 3.45. The molecule has 0 saturated heterocycles. The van der Waals surface area contributed by atoms with Gasteiger partial charge >= 0.3 is 0 Å². The van der Waals surface area contributed by atoms with E-state index < -0.39 is 0 Å².